The average Bonchev–Trinajstić information content (AvgIpc) is 2.56. The molecule has 1 aromatic rings. The molecule has 1 N–H and O–H groups in total. The molecule has 0 atom stereocenters. The lowest BCUT2D eigenvalue weighted by molar-refractivity contribution is 0.0926. The molecule has 0 aromatic carbocycles. The number of morpholine rings is 1. The second-order valence-electron chi connectivity index (χ2n) is 6.08. The van der Waals surface area contributed by atoms with Gasteiger partial charge in [0.1, 0.15) is 0 Å². The Morgan fingerprint density at radius 3 is 2.68 bits per heavy atom. The van der Waals surface area contributed by atoms with E-state index in [1.807, 2.05) is 6.92 Å². The summed E-state index contributed by atoms with van der Waals surface area (Å²) in [7, 11) is 0. The van der Waals surface area contributed by atoms with Gasteiger partial charge in [-0.1, -0.05) is 19.3 Å². The Kier molecular flexibility index (Phi) is 4.87. The fraction of sp³-hybridized carbons (Fsp3) is 0.688. The summed E-state index contributed by atoms with van der Waals surface area (Å²) < 4.78 is 5.34. The number of ether oxygens (including phenoxy) is 1. The Labute approximate surface area is 131 Å². The van der Waals surface area contributed by atoms with Crippen LogP contribution in [0.3, 0.4) is 0 Å². The minimum atomic E-state index is -0.0436. The summed E-state index contributed by atoms with van der Waals surface area (Å²) in [6, 6.07) is 0.305. The Bertz CT molecular complexity index is 523. The maximum Gasteiger partial charge on any atom is 0.254 e. The van der Waals surface area contributed by atoms with Gasteiger partial charge in [-0.05, 0) is 19.8 Å². The van der Waals surface area contributed by atoms with E-state index in [4.69, 9.17) is 4.74 Å². The summed E-state index contributed by atoms with van der Waals surface area (Å²) >= 11 is 0. The highest BCUT2D eigenvalue weighted by atomic mass is 16.5. The number of carbonyl (C=O) groups is 1. The van der Waals surface area contributed by atoms with E-state index in [0.29, 0.717) is 30.8 Å². The number of aromatic nitrogens is 2. The Hall–Kier alpha value is -1.69. The number of anilines is 1. The average molecular weight is 304 g/mol. The van der Waals surface area contributed by atoms with Gasteiger partial charge in [0.05, 0.1) is 24.5 Å². The molecule has 6 nitrogen and oxygen atoms in total. The predicted molar refractivity (Wildman–Crippen MR) is 84.1 cm³/mol. The van der Waals surface area contributed by atoms with Gasteiger partial charge in [-0.2, -0.15) is 0 Å². The van der Waals surface area contributed by atoms with Crippen LogP contribution in [0, 0.1) is 6.92 Å². The van der Waals surface area contributed by atoms with Gasteiger partial charge in [0.25, 0.3) is 5.91 Å². The van der Waals surface area contributed by atoms with Crippen molar-refractivity contribution in [1.82, 2.24) is 15.3 Å². The molecule has 1 saturated carbocycles. The number of hydrogen-bond acceptors (Lipinski definition) is 5. The summed E-state index contributed by atoms with van der Waals surface area (Å²) in [6.07, 6.45) is 7.51. The molecule has 120 valence electrons. The molecule has 6 heteroatoms. The van der Waals surface area contributed by atoms with Crippen molar-refractivity contribution >= 4 is 11.9 Å². The second-order valence-corrected chi connectivity index (χ2v) is 6.08. The minimum Gasteiger partial charge on any atom is -0.378 e. The van der Waals surface area contributed by atoms with Gasteiger partial charge in [0.2, 0.25) is 5.95 Å². The first-order valence-electron chi connectivity index (χ1n) is 8.21. The standard InChI is InChI=1S/C16H24N4O2/c1-12-14(15(21)19-13-5-3-2-4-6-13)11-17-16(18-12)20-7-9-22-10-8-20/h11,13H,2-10H2,1H3,(H,19,21). The van der Waals surface area contributed by atoms with Crippen molar-refractivity contribution in [3.63, 3.8) is 0 Å². The van der Waals surface area contributed by atoms with Crippen LogP contribution in [0.25, 0.3) is 0 Å². The van der Waals surface area contributed by atoms with Crippen LogP contribution in [0.4, 0.5) is 5.95 Å². The van der Waals surface area contributed by atoms with Gasteiger partial charge in [-0.25, -0.2) is 9.97 Å². The van der Waals surface area contributed by atoms with Gasteiger partial charge >= 0.3 is 0 Å². The molecule has 0 radical (unpaired) electrons. The van der Waals surface area contributed by atoms with Crippen molar-refractivity contribution in [1.29, 1.82) is 0 Å². The molecule has 1 saturated heterocycles. The highest BCUT2D eigenvalue weighted by Gasteiger charge is 2.20. The van der Waals surface area contributed by atoms with Gasteiger partial charge in [0, 0.05) is 25.3 Å². The molecule has 0 spiro atoms. The number of hydrogen-bond donors (Lipinski definition) is 1. The maximum atomic E-state index is 12.4. The predicted octanol–water partition coefficient (Wildman–Crippen LogP) is 1.68. The third kappa shape index (κ3) is 3.55. The molecular weight excluding hydrogens is 280 g/mol. The molecule has 2 fully saturated rings. The quantitative estimate of drug-likeness (QED) is 0.920. The molecule has 3 rings (SSSR count). The van der Waals surface area contributed by atoms with Crippen LogP contribution in [0.15, 0.2) is 6.20 Å². The topological polar surface area (TPSA) is 67.3 Å². The number of rotatable bonds is 3. The van der Waals surface area contributed by atoms with Crippen LogP contribution in [-0.4, -0.2) is 48.2 Å². The van der Waals surface area contributed by atoms with E-state index in [2.05, 4.69) is 20.2 Å². The SMILES string of the molecule is Cc1nc(N2CCOCC2)ncc1C(=O)NC1CCCCC1. The molecule has 0 unspecified atom stereocenters. The van der Waals surface area contributed by atoms with Crippen LogP contribution < -0.4 is 10.2 Å². The van der Waals surface area contributed by atoms with Crippen molar-refractivity contribution in [3.8, 4) is 0 Å². The number of nitrogens with one attached hydrogen (secondary N) is 1. The lowest BCUT2D eigenvalue weighted by atomic mass is 9.95. The van der Waals surface area contributed by atoms with E-state index >= 15 is 0 Å². The van der Waals surface area contributed by atoms with E-state index in [0.717, 1.165) is 31.6 Å². The smallest absolute Gasteiger partial charge is 0.254 e. The third-order valence-electron chi connectivity index (χ3n) is 4.45. The fourth-order valence-corrected chi connectivity index (χ4v) is 3.10. The van der Waals surface area contributed by atoms with Crippen LogP contribution in [0.1, 0.15) is 48.2 Å². The van der Waals surface area contributed by atoms with Crippen molar-refractivity contribution in [3.05, 3.63) is 17.5 Å². The monoisotopic (exact) mass is 304 g/mol. The molecule has 22 heavy (non-hydrogen) atoms. The highest BCUT2D eigenvalue weighted by molar-refractivity contribution is 5.95. The lowest BCUT2D eigenvalue weighted by Gasteiger charge is -2.27. The van der Waals surface area contributed by atoms with Crippen LogP contribution in [-0.2, 0) is 4.74 Å². The van der Waals surface area contributed by atoms with Gasteiger partial charge in [0.15, 0.2) is 0 Å². The number of amides is 1. The molecular formula is C16H24N4O2. The second kappa shape index (κ2) is 7.05. The third-order valence-corrected chi connectivity index (χ3v) is 4.45. The van der Waals surface area contributed by atoms with E-state index in [1.165, 1.54) is 19.3 Å². The van der Waals surface area contributed by atoms with Crippen molar-refractivity contribution in [2.24, 2.45) is 0 Å². The molecule has 1 aromatic heterocycles. The van der Waals surface area contributed by atoms with Gasteiger partial charge in [-0.15, -0.1) is 0 Å². The molecule has 1 aliphatic heterocycles. The van der Waals surface area contributed by atoms with Crippen LogP contribution in [0.2, 0.25) is 0 Å². The summed E-state index contributed by atoms with van der Waals surface area (Å²) in [5.74, 6) is 0.646. The fourth-order valence-electron chi connectivity index (χ4n) is 3.10. The molecule has 1 aliphatic carbocycles. The minimum absolute atomic E-state index is 0.0436. The summed E-state index contributed by atoms with van der Waals surface area (Å²) in [4.78, 5) is 23.4. The number of aryl methyl sites for hydroxylation is 1. The van der Waals surface area contributed by atoms with Crippen LogP contribution in [0.5, 0.6) is 0 Å². The lowest BCUT2D eigenvalue weighted by Crippen LogP contribution is -2.38. The van der Waals surface area contributed by atoms with E-state index < -0.39 is 0 Å². The summed E-state index contributed by atoms with van der Waals surface area (Å²) in [5, 5.41) is 3.12. The zero-order chi connectivity index (χ0) is 15.4. The zero-order valence-corrected chi connectivity index (χ0v) is 13.2. The van der Waals surface area contributed by atoms with Crippen molar-refractivity contribution < 1.29 is 9.53 Å². The molecule has 2 heterocycles. The first-order valence-corrected chi connectivity index (χ1v) is 8.21. The Morgan fingerprint density at radius 1 is 1.27 bits per heavy atom. The van der Waals surface area contributed by atoms with Crippen molar-refractivity contribution in [2.45, 2.75) is 45.1 Å². The highest BCUT2D eigenvalue weighted by Crippen LogP contribution is 2.18. The molecule has 0 bridgehead atoms. The molecule has 2 aliphatic rings. The number of nitrogens with zero attached hydrogens (tertiary/aromatic N) is 3. The van der Waals surface area contributed by atoms with Gasteiger partial charge in [-0.3, -0.25) is 4.79 Å². The number of carbonyl (C=O) groups excluding carboxylic acids is 1. The maximum absolute atomic E-state index is 12.4. The van der Waals surface area contributed by atoms with E-state index in [1.54, 1.807) is 6.20 Å². The molecule has 1 amide bonds. The Morgan fingerprint density at radius 2 is 2.00 bits per heavy atom. The summed E-state index contributed by atoms with van der Waals surface area (Å²) in [5.41, 5.74) is 1.33. The largest absolute Gasteiger partial charge is 0.378 e. The van der Waals surface area contributed by atoms with Crippen LogP contribution >= 0.6 is 0 Å². The van der Waals surface area contributed by atoms with E-state index in [9.17, 15) is 4.79 Å². The first kappa shape index (κ1) is 15.2. The zero-order valence-electron chi connectivity index (χ0n) is 13.2. The van der Waals surface area contributed by atoms with E-state index in [-0.39, 0.29) is 5.91 Å². The Balaban J connectivity index is 1.66. The van der Waals surface area contributed by atoms with Crippen molar-refractivity contribution in [2.75, 3.05) is 31.2 Å². The first-order chi connectivity index (χ1) is 10.7. The normalized spacial score (nSPS) is 20.0. The summed E-state index contributed by atoms with van der Waals surface area (Å²) in [6.45, 7) is 4.88. The van der Waals surface area contributed by atoms with Gasteiger partial charge < -0.3 is 15.0 Å².